The van der Waals surface area contributed by atoms with E-state index in [4.69, 9.17) is 0 Å². The molecule has 0 amide bonds. The van der Waals surface area contributed by atoms with Crippen molar-refractivity contribution in [3.8, 4) is 33.4 Å². The Balaban J connectivity index is 1.28. The Bertz CT molecular complexity index is 2620. The topological polar surface area (TPSA) is 3.24 Å². The van der Waals surface area contributed by atoms with Gasteiger partial charge < -0.3 is 0 Å². The van der Waals surface area contributed by atoms with Crippen LogP contribution in [0.2, 0.25) is 0 Å². The monoisotopic (exact) mass is 773 g/mol. The molecule has 7 aromatic rings. The van der Waals surface area contributed by atoms with Gasteiger partial charge in [0.25, 0.3) is 0 Å². The Morgan fingerprint density at radius 1 is 0.382 bits per heavy atom. The van der Waals surface area contributed by atoms with E-state index in [2.05, 4.69) is 212 Å². The molecule has 0 atom stereocenters. The van der Waals surface area contributed by atoms with Crippen LogP contribution in [0.25, 0.3) is 33.4 Å². The number of rotatable bonds is 3. The van der Waals surface area contributed by atoms with Gasteiger partial charge in [-0.25, -0.2) is 0 Å². The van der Waals surface area contributed by atoms with E-state index in [1.54, 1.807) is 13.2 Å². The van der Waals surface area contributed by atoms with Crippen molar-refractivity contribution in [2.45, 2.75) is 71.6 Å². The molecule has 2 aliphatic heterocycles. The maximum atomic E-state index is 2.61. The van der Waals surface area contributed by atoms with Gasteiger partial charge in [-0.1, -0.05) is 0 Å². The zero-order chi connectivity index (χ0) is 38.1. The molecule has 1 aliphatic carbocycles. The van der Waals surface area contributed by atoms with Gasteiger partial charge >= 0.3 is 332 Å². The van der Waals surface area contributed by atoms with Crippen molar-refractivity contribution in [2.75, 3.05) is 4.90 Å². The van der Waals surface area contributed by atoms with Gasteiger partial charge in [0.2, 0.25) is 0 Å². The Hall–Kier alpha value is -5.12. The third-order valence-corrected chi connectivity index (χ3v) is 23.4. The third-order valence-electron chi connectivity index (χ3n) is 13.0. The van der Waals surface area contributed by atoms with E-state index in [0.717, 1.165) is 0 Å². The van der Waals surface area contributed by atoms with E-state index in [9.17, 15) is 0 Å². The van der Waals surface area contributed by atoms with Crippen LogP contribution in [0.15, 0.2) is 152 Å². The number of benzene rings is 7. The second kappa shape index (κ2) is 11.7. The van der Waals surface area contributed by atoms with Crippen molar-refractivity contribution in [1.29, 1.82) is 0 Å². The molecule has 7 aromatic carbocycles. The summed E-state index contributed by atoms with van der Waals surface area (Å²) < 4.78 is 6.20. The summed E-state index contributed by atoms with van der Waals surface area (Å²) in [6.07, 6.45) is 0. The van der Waals surface area contributed by atoms with Crippen molar-refractivity contribution in [2.24, 2.45) is 0 Å². The van der Waals surface area contributed by atoms with E-state index in [1.165, 1.54) is 77.1 Å². The minimum absolute atomic E-state index is 0.0151. The molecule has 0 bridgehead atoms. The van der Waals surface area contributed by atoms with Gasteiger partial charge in [-0.05, 0) is 0 Å². The summed E-state index contributed by atoms with van der Waals surface area (Å²) in [6, 6.07) is 59.0. The summed E-state index contributed by atoms with van der Waals surface area (Å²) in [5.41, 5.74) is 17.4. The zero-order valence-electron chi connectivity index (χ0n) is 33.4. The average Bonchev–Trinajstić information content (AvgIpc) is 3.73. The molecule has 1 spiro atoms. The molecule has 2 heteroatoms. The van der Waals surface area contributed by atoms with Crippen LogP contribution in [0, 0.1) is 0 Å². The van der Waals surface area contributed by atoms with E-state index >= 15 is 0 Å². The van der Waals surface area contributed by atoms with Gasteiger partial charge in [0.1, 0.15) is 0 Å². The Morgan fingerprint density at radius 2 is 0.818 bits per heavy atom. The number of hydrogen-bond acceptors (Lipinski definition) is 1. The fourth-order valence-corrected chi connectivity index (χ4v) is 21.9. The van der Waals surface area contributed by atoms with E-state index < -0.39 is 13.3 Å². The van der Waals surface area contributed by atoms with Crippen molar-refractivity contribution in [1.82, 2.24) is 0 Å². The summed E-state index contributed by atoms with van der Waals surface area (Å²) in [7, 11) is 0. The Morgan fingerprint density at radius 3 is 1.36 bits per heavy atom. The van der Waals surface area contributed by atoms with Crippen LogP contribution >= 0.6 is 0 Å². The maximum absolute atomic E-state index is 3.40. The van der Waals surface area contributed by atoms with Crippen molar-refractivity contribution in [3.05, 3.63) is 174 Å². The molecule has 0 unspecified atom stereocenters. The second-order valence-electron chi connectivity index (χ2n) is 18.6. The predicted molar refractivity (Wildman–Crippen MR) is 238 cm³/mol. The molecule has 0 saturated heterocycles. The second-order valence-corrected chi connectivity index (χ2v) is 26.3. The molecule has 0 radical (unpaired) electrons. The number of hydrogen-bond donors (Lipinski definition) is 0. The molecule has 1 nitrogen and oxygen atoms in total. The van der Waals surface area contributed by atoms with Crippen LogP contribution in [0.4, 0.5) is 17.1 Å². The van der Waals surface area contributed by atoms with Crippen LogP contribution in [0.3, 0.4) is 0 Å². The van der Waals surface area contributed by atoms with Crippen molar-refractivity contribution in [3.63, 3.8) is 0 Å². The standard InChI is InChI=1S/C53H49GeN/c1-51(2,3)34-29-35(52(4,5)6)31-38(30-34)55(36-26-28-46-44(32-36)39-17-9-13-21-45(39)53(46,7)8)37-25-27-43-42-20-12-16-24-49(42)54(50(43)33-37)47-22-14-10-18-40(47)41-19-11-15-23-48(41)54/h9-33H,1-8H3. The minimum atomic E-state index is -3.40. The van der Waals surface area contributed by atoms with Crippen LogP contribution in [-0.2, 0) is 16.2 Å². The first-order valence-corrected chi connectivity index (χ1v) is 24.1. The average molecular weight is 773 g/mol. The molecule has 0 aromatic heterocycles. The van der Waals surface area contributed by atoms with Crippen LogP contribution in [-0.4, -0.2) is 13.3 Å². The van der Waals surface area contributed by atoms with Crippen LogP contribution in [0.1, 0.15) is 77.6 Å². The molecule has 0 N–H and O–H groups in total. The first kappa shape index (κ1) is 34.4. The van der Waals surface area contributed by atoms with Crippen molar-refractivity contribution >= 4 is 47.9 Å². The van der Waals surface area contributed by atoms with Gasteiger partial charge in [0.15, 0.2) is 0 Å². The normalized spacial score (nSPS) is 15.2. The van der Waals surface area contributed by atoms with E-state index in [0.29, 0.717) is 0 Å². The molecular formula is C53H49GeN. The van der Waals surface area contributed by atoms with Gasteiger partial charge in [-0.2, -0.15) is 0 Å². The van der Waals surface area contributed by atoms with Crippen LogP contribution < -0.4 is 22.5 Å². The fraction of sp³-hybridized carbons (Fsp3) is 0.208. The molecule has 0 fully saturated rings. The van der Waals surface area contributed by atoms with Crippen molar-refractivity contribution < 1.29 is 0 Å². The van der Waals surface area contributed by atoms with Gasteiger partial charge in [0.05, 0.1) is 0 Å². The molecule has 270 valence electrons. The summed E-state index contributed by atoms with van der Waals surface area (Å²) in [5, 5.41) is 0. The van der Waals surface area contributed by atoms with Gasteiger partial charge in [-0.3, -0.25) is 0 Å². The fourth-order valence-electron chi connectivity index (χ4n) is 10.1. The summed E-state index contributed by atoms with van der Waals surface area (Å²) >= 11 is -3.40. The molecule has 2 heterocycles. The summed E-state index contributed by atoms with van der Waals surface area (Å²) in [4.78, 5) is 2.57. The van der Waals surface area contributed by atoms with Crippen LogP contribution in [0.5, 0.6) is 0 Å². The molecule has 55 heavy (non-hydrogen) atoms. The molecule has 3 aliphatic rings. The SMILES string of the molecule is CC(C)(C)c1cc(N(c2ccc3c(c2)-c2ccccc2C3(C)C)c2ccc3[c](c2)[Ge]2([c]4ccccc4-c4cccc[c]42)[c]2ccccc2-3)cc(C(C)(C)C)c1. The Kier molecular flexibility index (Phi) is 7.31. The number of nitrogens with zero attached hydrogens (tertiary/aromatic N) is 1. The summed E-state index contributed by atoms with van der Waals surface area (Å²) in [5.74, 6) is 0. The quantitative estimate of drug-likeness (QED) is 0.162. The third kappa shape index (κ3) is 4.85. The first-order valence-electron chi connectivity index (χ1n) is 19.9. The predicted octanol–water partition coefficient (Wildman–Crippen LogP) is 11.4. The van der Waals surface area contributed by atoms with Gasteiger partial charge in [0, 0.05) is 0 Å². The molecule has 0 saturated carbocycles. The first-order chi connectivity index (χ1) is 26.3. The van der Waals surface area contributed by atoms with E-state index in [-0.39, 0.29) is 16.2 Å². The van der Waals surface area contributed by atoms with Gasteiger partial charge in [-0.15, -0.1) is 0 Å². The molecular weight excluding hydrogens is 723 g/mol. The van der Waals surface area contributed by atoms with E-state index in [1.807, 2.05) is 0 Å². The molecule has 10 rings (SSSR count). The number of anilines is 3. The number of fused-ring (bicyclic) bond motifs is 13. The Labute approximate surface area is 330 Å². The summed E-state index contributed by atoms with van der Waals surface area (Å²) in [6.45, 7) is 18.8. The zero-order valence-corrected chi connectivity index (χ0v) is 35.5.